The number of amides is 1. The molecule has 0 radical (unpaired) electrons. The van der Waals surface area contributed by atoms with Crippen LogP contribution in [-0.4, -0.2) is 30.5 Å². The second-order valence-electron chi connectivity index (χ2n) is 6.30. The standard InChI is InChI=1S/C19H23NO4/c1-14-12-19(22)24-17-8-7-15(13-16(14)17)23-11-5-6-18(21)20-9-3-2-4-10-20/h7-8,12-13H,2-6,9-11H2,1H3. The van der Waals surface area contributed by atoms with Gasteiger partial charge in [0.05, 0.1) is 6.61 Å². The summed E-state index contributed by atoms with van der Waals surface area (Å²) in [4.78, 5) is 25.4. The van der Waals surface area contributed by atoms with E-state index >= 15 is 0 Å². The van der Waals surface area contributed by atoms with E-state index in [1.165, 1.54) is 12.5 Å². The van der Waals surface area contributed by atoms with E-state index < -0.39 is 0 Å². The summed E-state index contributed by atoms with van der Waals surface area (Å²) in [7, 11) is 0. The van der Waals surface area contributed by atoms with Crippen LogP contribution in [0.15, 0.2) is 33.5 Å². The zero-order valence-electron chi connectivity index (χ0n) is 14.0. The molecule has 0 bridgehead atoms. The lowest BCUT2D eigenvalue weighted by molar-refractivity contribution is -0.132. The first-order chi connectivity index (χ1) is 11.6. The highest BCUT2D eigenvalue weighted by Gasteiger charge is 2.15. The van der Waals surface area contributed by atoms with E-state index in [4.69, 9.17) is 9.15 Å². The number of likely N-dealkylation sites (tertiary alicyclic amines) is 1. The molecule has 3 rings (SSSR count). The summed E-state index contributed by atoms with van der Waals surface area (Å²) in [6, 6.07) is 6.89. The van der Waals surface area contributed by atoms with Gasteiger partial charge in [0, 0.05) is 31.0 Å². The molecule has 1 aromatic carbocycles. The van der Waals surface area contributed by atoms with Crippen molar-refractivity contribution in [3.8, 4) is 5.75 Å². The third-order valence-corrected chi connectivity index (χ3v) is 4.43. The van der Waals surface area contributed by atoms with Gasteiger partial charge in [-0.25, -0.2) is 4.79 Å². The normalized spacial score (nSPS) is 14.8. The maximum absolute atomic E-state index is 12.1. The summed E-state index contributed by atoms with van der Waals surface area (Å²) in [5.74, 6) is 0.958. The van der Waals surface area contributed by atoms with Crippen LogP contribution in [0.2, 0.25) is 0 Å². The van der Waals surface area contributed by atoms with E-state index in [2.05, 4.69) is 0 Å². The molecule has 0 atom stereocenters. The van der Waals surface area contributed by atoms with Crippen LogP contribution < -0.4 is 10.4 Å². The van der Waals surface area contributed by atoms with Gasteiger partial charge in [-0.05, 0) is 56.4 Å². The van der Waals surface area contributed by atoms with Gasteiger partial charge in [-0.1, -0.05) is 0 Å². The summed E-state index contributed by atoms with van der Waals surface area (Å²) in [6.07, 6.45) is 4.70. The third-order valence-electron chi connectivity index (χ3n) is 4.43. The molecule has 128 valence electrons. The molecule has 0 N–H and O–H groups in total. The lowest BCUT2D eigenvalue weighted by atomic mass is 10.1. The fourth-order valence-electron chi connectivity index (χ4n) is 3.10. The first-order valence-corrected chi connectivity index (χ1v) is 8.58. The van der Waals surface area contributed by atoms with E-state index in [0.29, 0.717) is 25.0 Å². The fourth-order valence-corrected chi connectivity index (χ4v) is 3.10. The number of benzene rings is 1. The minimum Gasteiger partial charge on any atom is -0.494 e. The molecule has 5 heteroatoms. The average Bonchev–Trinajstić information content (AvgIpc) is 2.59. The Labute approximate surface area is 141 Å². The maximum atomic E-state index is 12.1. The van der Waals surface area contributed by atoms with Crippen LogP contribution in [0.3, 0.4) is 0 Å². The number of hydrogen-bond donors (Lipinski definition) is 0. The number of carbonyl (C=O) groups excluding carboxylic acids is 1. The molecule has 1 aliphatic rings. The first kappa shape index (κ1) is 16.6. The van der Waals surface area contributed by atoms with E-state index in [1.807, 2.05) is 17.9 Å². The lowest BCUT2D eigenvalue weighted by Gasteiger charge is -2.26. The smallest absolute Gasteiger partial charge is 0.336 e. The molecule has 0 spiro atoms. The van der Waals surface area contributed by atoms with E-state index in [9.17, 15) is 9.59 Å². The van der Waals surface area contributed by atoms with Crippen LogP contribution in [0.4, 0.5) is 0 Å². The molecular weight excluding hydrogens is 306 g/mol. The maximum Gasteiger partial charge on any atom is 0.336 e. The molecule has 2 aromatic rings. The van der Waals surface area contributed by atoms with E-state index in [-0.39, 0.29) is 11.5 Å². The highest BCUT2D eigenvalue weighted by molar-refractivity contribution is 5.81. The van der Waals surface area contributed by atoms with Gasteiger partial charge >= 0.3 is 5.63 Å². The van der Waals surface area contributed by atoms with Gasteiger partial charge in [0.15, 0.2) is 0 Å². The molecule has 0 unspecified atom stereocenters. The third kappa shape index (κ3) is 3.96. The summed E-state index contributed by atoms with van der Waals surface area (Å²) in [5.41, 5.74) is 1.09. The Hall–Kier alpha value is -2.30. The molecule has 2 heterocycles. The van der Waals surface area contributed by atoms with Crippen molar-refractivity contribution in [2.75, 3.05) is 19.7 Å². The lowest BCUT2D eigenvalue weighted by Crippen LogP contribution is -2.35. The van der Waals surface area contributed by atoms with Crippen molar-refractivity contribution < 1.29 is 13.9 Å². The van der Waals surface area contributed by atoms with Crippen LogP contribution in [0.1, 0.15) is 37.7 Å². The van der Waals surface area contributed by atoms with Gasteiger partial charge < -0.3 is 14.1 Å². The SMILES string of the molecule is Cc1cc(=O)oc2ccc(OCCCC(=O)N3CCCCC3)cc12. The van der Waals surface area contributed by atoms with Crippen molar-refractivity contribution in [1.29, 1.82) is 0 Å². The van der Waals surface area contributed by atoms with Gasteiger partial charge in [0.25, 0.3) is 0 Å². The predicted octanol–water partition coefficient (Wildman–Crippen LogP) is 3.27. The molecule has 1 saturated heterocycles. The first-order valence-electron chi connectivity index (χ1n) is 8.58. The summed E-state index contributed by atoms with van der Waals surface area (Å²) >= 11 is 0. The van der Waals surface area contributed by atoms with Crippen LogP contribution in [0.25, 0.3) is 11.0 Å². The zero-order chi connectivity index (χ0) is 16.9. The Morgan fingerprint density at radius 3 is 2.79 bits per heavy atom. The average molecular weight is 329 g/mol. The molecule has 1 amide bonds. The summed E-state index contributed by atoms with van der Waals surface area (Å²) in [6.45, 7) is 4.17. The quantitative estimate of drug-likeness (QED) is 0.624. The number of aryl methyl sites for hydroxylation is 1. The van der Waals surface area contributed by atoms with Crippen LogP contribution in [0.5, 0.6) is 5.75 Å². The number of piperidine rings is 1. The Kier molecular flexibility index (Phi) is 5.18. The van der Waals surface area contributed by atoms with Crippen LogP contribution in [-0.2, 0) is 4.79 Å². The molecule has 1 fully saturated rings. The molecule has 24 heavy (non-hydrogen) atoms. The zero-order valence-corrected chi connectivity index (χ0v) is 14.0. The van der Waals surface area contributed by atoms with Gasteiger partial charge in [0.2, 0.25) is 5.91 Å². The molecule has 0 saturated carbocycles. The largest absolute Gasteiger partial charge is 0.494 e. The highest BCUT2D eigenvalue weighted by Crippen LogP contribution is 2.22. The number of carbonyl (C=O) groups is 1. The van der Waals surface area contributed by atoms with Gasteiger partial charge in [-0.2, -0.15) is 0 Å². The fraction of sp³-hybridized carbons (Fsp3) is 0.474. The number of fused-ring (bicyclic) bond motifs is 1. The number of rotatable bonds is 5. The molecule has 0 aliphatic carbocycles. The molecule has 1 aliphatic heterocycles. The Morgan fingerprint density at radius 2 is 2.00 bits per heavy atom. The van der Waals surface area contributed by atoms with E-state index in [1.54, 1.807) is 12.1 Å². The number of nitrogens with zero attached hydrogens (tertiary/aromatic N) is 1. The minimum absolute atomic E-state index is 0.231. The van der Waals surface area contributed by atoms with Crippen LogP contribution in [0, 0.1) is 6.92 Å². The molecule has 5 nitrogen and oxygen atoms in total. The summed E-state index contributed by atoms with van der Waals surface area (Å²) < 4.78 is 10.9. The van der Waals surface area contributed by atoms with Crippen molar-refractivity contribution in [1.82, 2.24) is 4.90 Å². The topological polar surface area (TPSA) is 59.8 Å². The van der Waals surface area contributed by atoms with Crippen molar-refractivity contribution in [2.24, 2.45) is 0 Å². The van der Waals surface area contributed by atoms with Gasteiger partial charge in [-0.3, -0.25) is 4.79 Å². The second-order valence-corrected chi connectivity index (χ2v) is 6.30. The second kappa shape index (κ2) is 7.51. The van der Waals surface area contributed by atoms with Gasteiger partial charge in [-0.15, -0.1) is 0 Å². The predicted molar refractivity (Wildman–Crippen MR) is 92.4 cm³/mol. The minimum atomic E-state index is -0.343. The Balaban J connectivity index is 1.52. The monoisotopic (exact) mass is 329 g/mol. The summed E-state index contributed by atoms with van der Waals surface area (Å²) in [5, 5.41) is 0.872. The molecule has 1 aromatic heterocycles. The van der Waals surface area contributed by atoms with Crippen molar-refractivity contribution in [3.05, 3.63) is 40.2 Å². The number of ether oxygens (including phenoxy) is 1. The molecular formula is C19H23NO4. The van der Waals surface area contributed by atoms with Crippen LogP contribution >= 0.6 is 0 Å². The van der Waals surface area contributed by atoms with Crippen molar-refractivity contribution in [2.45, 2.75) is 39.0 Å². The van der Waals surface area contributed by atoms with E-state index in [0.717, 1.165) is 42.6 Å². The van der Waals surface area contributed by atoms with Crippen molar-refractivity contribution in [3.63, 3.8) is 0 Å². The van der Waals surface area contributed by atoms with Crippen molar-refractivity contribution >= 4 is 16.9 Å². The Bertz CT molecular complexity index is 775. The number of hydrogen-bond acceptors (Lipinski definition) is 4. The van der Waals surface area contributed by atoms with Gasteiger partial charge in [0.1, 0.15) is 11.3 Å². The highest BCUT2D eigenvalue weighted by atomic mass is 16.5. The Morgan fingerprint density at radius 1 is 1.21 bits per heavy atom.